The molecule has 1 saturated heterocycles. The van der Waals surface area contributed by atoms with Crippen LogP contribution in [0.15, 0.2) is 84.9 Å². The molecule has 4 aromatic rings. The molecule has 1 heterocycles. The Bertz CT molecular complexity index is 1200. The second-order valence-corrected chi connectivity index (χ2v) is 7.69. The van der Waals surface area contributed by atoms with Crippen molar-refractivity contribution in [2.75, 3.05) is 0 Å². The smallest absolute Gasteiger partial charge is 0.264 e. The summed E-state index contributed by atoms with van der Waals surface area (Å²) < 4.78 is 0. The van der Waals surface area contributed by atoms with Crippen LogP contribution in [0.25, 0.3) is 21.5 Å². The van der Waals surface area contributed by atoms with Crippen molar-refractivity contribution < 1.29 is 10.0 Å². The third-order valence-corrected chi connectivity index (χ3v) is 5.71. The molecule has 1 amide bonds. The van der Waals surface area contributed by atoms with Crippen molar-refractivity contribution in [3.63, 3.8) is 0 Å². The van der Waals surface area contributed by atoms with E-state index >= 15 is 0 Å². The fraction of sp³-hybridized carbons (Fsp3) is 0.160. The Balaban J connectivity index is 1.33. The number of nitrogens with one attached hydrogen (secondary N) is 1. The first kappa shape index (κ1) is 17.9. The monoisotopic (exact) mass is 382 g/mol. The molecule has 0 bridgehead atoms. The standard InChI is InChI=1S/C25H22N2O2/c28-25-23(15-17-9-11-19-5-1-3-7-21(19)13-17)26-24(27(25)29)16-18-10-12-20-6-2-4-8-22(20)14-18/h1-14,23-24,26,29H,15-16H2/t23-,24+/m0/s1. The van der Waals surface area contributed by atoms with Crippen LogP contribution in [0, 0.1) is 0 Å². The highest BCUT2D eigenvalue weighted by Gasteiger charge is 2.38. The Hall–Kier alpha value is -3.21. The third kappa shape index (κ3) is 3.48. The Labute approximate surface area is 169 Å². The van der Waals surface area contributed by atoms with Gasteiger partial charge in [0.25, 0.3) is 5.91 Å². The molecule has 1 aliphatic rings. The molecule has 0 unspecified atom stereocenters. The lowest BCUT2D eigenvalue weighted by Gasteiger charge is -2.17. The second-order valence-electron chi connectivity index (χ2n) is 7.69. The van der Waals surface area contributed by atoms with Crippen molar-refractivity contribution >= 4 is 27.5 Å². The van der Waals surface area contributed by atoms with E-state index in [1.807, 2.05) is 24.3 Å². The third-order valence-electron chi connectivity index (χ3n) is 5.71. The average Bonchev–Trinajstić information content (AvgIpc) is 3.01. The maximum atomic E-state index is 12.6. The van der Waals surface area contributed by atoms with E-state index in [4.69, 9.17) is 0 Å². The molecule has 0 aliphatic carbocycles. The minimum Gasteiger partial charge on any atom is -0.284 e. The number of fused-ring (bicyclic) bond motifs is 2. The van der Waals surface area contributed by atoms with Gasteiger partial charge in [-0.2, -0.15) is 0 Å². The predicted molar refractivity (Wildman–Crippen MR) is 115 cm³/mol. The number of benzene rings is 4. The molecule has 144 valence electrons. The van der Waals surface area contributed by atoms with Gasteiger partial charge in [-0.1, -0.05) is 84.9 Å². The largest absolute Gasteiger partial charge is 0.284 e. The number of hydroxylamine groups is 2. The first-order chi connectivity index (χ1) is 14.2. The number of carbonyl (C=O) groups excluding carboxylic acids is 1. The van der Waals surface area contributed by atoms with E-state index in [1.54, 1.807) is 0 Å². The van der Waals surface area contributed by atoms with E-state index in [1.165, 1.54) is 10.8 Å². The number of rotatable bonds is 4. The SMILES string of the molecule is O=C1[C@H](Cc2ccc3ccccc3c2)N[C@@H](Cc2ccc3ccccc3c2)N1O. The Morgan fingerprint density at radius 2 is 1.24 bits per heavy atom. The second kappa shape index (κ2) is 7.32. The van der Waals surface area contributed by atoms with Gasteiger partial charge in [0.2, 0.25) is 0 Å². The first-order valence-corrected chi connectivity index (χ1v) is 9.91. The number of amides is 1. The van der Waals surface area contributed by atoms with Crippen molar-refractivity contribution in [1.29, 1.82) is 0 Å². The molecular weight excluding hydrogens is 360 g/mol. The number of hydrogen-bond donors (Lipinski definition) is 2. The summed E-state index contributed by atoms with van der Waals surface area (Å²) in [5, 5.41) is 19.2. The van der Waals surface area contributed by atoms with Gasteiger partial charge in [-0.15, -0.1) is 0 Å². The normalized spacial score (nSPS) is 19.3. The van der Waals surface area contributed by atoms with Gasteiger partial charge >= 0.3 is 0 Å². The van der Waals surface area contributed by atoms with Gasteiger partial charge in [0, 0.05) is 6.42 Å². The summed E-state index contributed by atoms with van der Waals surface area (Å²) in [4.78, 5) is 12.6. The van der Waals surface area contributed by atoms with Crippen LogP contribution in [0.5, 0.6) is 0 Å². The summed E-state index contributed by atoms with van der Waals surface area (Å²) in [5.41, 5.74) is 2.16. The fourth-order valence-corrected chi connectivity index (χ4v) is 4.17. The molecular formula is C25H22N2O2. The zero-order valence-corrected chi connectivity index (χ0v) is 16.0. The Kier molecular flexibility index (Phi) is 4.51. The molecule has 29 heavy (non-hydrogen) atoms. The van der Waals surface area contributed by atoms with E-state index in [0.29, 0.717) is 12.8 Å². The molecule has 4 nitrogen and oxygen atoms in total. The Morgan fingerprint density at radius 1 is 0.724 bits per heavy atom. The average molecular weight is 382 g/mol. The molecule has 4 aromatic carbocycles. The molecule has 1 fully saturated rings. The Morgan fingerprint density at radius 3 is 1.83 bits per heavy atom. The fourth-order valence-electron chi connectivity index (χ4n) is 4.17. The van der Waals surface area contributed by atoms with Gasteiger partial charge in [0.05, 0.1) is 6.04 Å². The number of nitrogens with zero attached hydrogens (tertiary/aromatic N) is 1. The van der Waals surface area contributed by atoms with Gasteiger partial charge in [-0.05, 0) is 39.1 Å². The lowest BCUT2D eigenvalue weighted by molar-refractivity contribution is -0.166. The first-order valence-electron chi connectivity index (χ1n) is 9.91. The van der Waals surface area contributed by atoms with Gasteiger partial charge in [-0.3, -0.25) is 15.3 Å². The van der Waals surface area contributed by atoms with Crippen molar-refractivity contribution in [1.82, 2.24) is 10.4 Å². The molecule has 1 aliphatic heterocycles. The van der Waals surface area contributed by atoms with Crippen LogP contribution in [0.3, 0.4) is 0 Å². The summed E-state index contributed by atoms with van der Waals surface area (Å²) in [6, 6.07) is 28.4. The molecule has 5 rings (SSSR count). The minimum atomic E-state index is -0.424. The summed E-state index contributed by atoms with van der Waals surface area (Å²) in [6.07, 6.45) is 0.685. The molecule has 2 N–H and O–H groups in total. The summed E-state index contributed by atoms with van der Waals surface area (Å²) in [5.74, 6) is -0.274. The molecule has 4 heteroatoms. The van der Waals surface area contributed by atoms with Crippen molar-refractivity contribution in [3.8, 4) is 0 Å². The number of carbonyl (C=O) groups is 1. The summed E-state index contributed by atoms with van der Waals surface area (Å²) in [6.45, 7) is 0. The summed E-state index contributed by atoms with van der Waals surface area (Å²) >= 11 is 0. The van der Waals surface area contributed by atoms with Crippen LogP contribution in [0.4, 0.5) is 0 Å². The van der Waals surface area contributed by atoms with Crippen LogP contribution in [-0.2, 0) is 17.6 Å². The lowest BCUT2D eigenvalue weighted by atomic mass is 10.0. The molecule has 0 spiro atoms. The van der Waals surface area contributed by atoms with E-state index in [-0.39, 0.29) is 5.91 Å². The highest BCUT2D eigenvalue weighted by atomic mass is 16.5. The maximum Gasteiger partial charge on any atom is 0.264 e. The zero-order valence-electron chi connectivity index (χ0n) is 16.0. The topological polar surface area (TPSA) is 52.6 Å². The molecule has 0 aromatic heterocycles. The van der Waals surface area contributed by atoms with Crippen LogP contribution in [0.2, 0.25) is 0 Å². The molecule has 0 radical (unpaired) electrons. The van der Waals surface area contributed by atoms with Crippen LogP contribution < -0.4 is 5.32 Å². The van der Waals surface area contributed by atoms with Gasteiger partial charge in [-0.25, -0.2) is 5.06 Å². The van der Waals surface area contributed by atoms with Crippen LogP contribution >= 0.6 is 0 Å². The quantitative estimate of drug-likeness (QED) is 0.518. The van der Waals surface area contributed by atoms with Crippen LogP contribution in [-0.4, -0.2) is 28.4 Å². The predicted octanol–water partition coefficient (Wildman–Crippen LogP) is 4.29. The lowest BCUT2D eigenvalue weighted by Crippen LogP contribution is -2.37. The van der Waals surface area contributed by atoms with Gasteiger partial charge in [0.15, 0.2) is 0 Å². The maximum absolute atomic E-state index is 12.6. The van der Waals surface area contributed by atoms with E-state index < -0.39 is 12.2 Å². The van der Waals surface area contributed by atoms with Crippen LogP contribution in [0.1, 0.15) is 11.1 Å². The zero-order chi connectivity index (χ0) is 19.8. The van der Waals surface area contributed by atoms with Gasteiger partial charge < -0.3 is 0 Å². The molecule has 2 atom stereocenters. The highest BCUT2D eigenvalue weighted by Crippen LogP contribution is 2.22. The van der Waals surface area contributed by atoms with Crippen molar-refractivity contribution in [2.45, 2.75) is 25.0 Å². The number of hydrogen-bond acceptors (Lipinski definition) is 3. The highest BCUT2D eigenvalue weighted by molar-refractivity contribution is 5.86. The van der Waals surface area contributed by atoms with Gasteiger partial charge in [0.1, 0.15) is 6.17 Å². The van der Waals surface area contributed by atoms with E-state index in [2.05, 4.69) is 66.0 Å². The van der Waals surface area contributed by atoms with Crippen molar-refractivity contribution in [3.05, 3.63) is 96.1 Å². The van der Waals surface area contributed by atoms with E-state index in [0.717, 1.165) is 27.0 Å². The minimum absolute atomic E-state index is 0.274. The summed E-state index contributed by atoms with van der Waals surface area (Å²) in [7, 11) is 0. The van der Waals surface area contributed by atoms with E-state index in [9.17, 15) is 10.0 Å². The molecule has 0 saturated carbocycles. The van der Waals surface area contributed by atoms with Crippen molar-refractivity contribution in [2.24, 2.45) is 0 Å².